The zero-order chi connectivity index (χ0) is 26.3. The SMILES string of the molecule is O=C(NCCCCC(c1ccc(F)cc1)c1ccc(F)cc1)Nc1ccc(C(=O)O)c(C(F)(F)F)c1. The zero-order valence-corrected chi connectivity index (χ0v) is 18.9. The Morgan fingerprint density at radius 1 is 0.833 bits per heavy atom. The van der Waals surface area contributed by atoms with Crippen molar-refractivity contribution in [3.63, 3.8) is 0 Å². The first-order chi connectivity index (χ1) is 17.0. The Balaban J connectivity index is 1.55. The Morgan fingerprint density at radius 3 is 1.89 bits per heavy atom. The molecule has 2 amide bonds. The largest absolute Gasteiger partial charge is 0.478 e. The van der Waals surface area contributed by atoms with Crippen molar-refractivity contribution in [2.24, 2.45) is 0 Å². The van der Waals surface area contributed by atoms with Gasteiger partial charge in [0.15, 0.2) is 0 Å². The van der Waals surface area contributed by atoms with E-state index in [1.54, 1.807) is 24.3 Å². The van der Waals surface area contributed by atoms with Crippen LogP contribution in [0.25, 0.3) is 0 Å². The molecule has 0 saturated carbocycles. The van der Waals surface area contributed by atoms with Gasteiger partial charge in [-0.3, -0.25) is 0 Å². The van der Waals surface area contributed by atoms with Crippen molar-refractivity contribution in [1.29, 1.82) is 0 Å². The summed E-state index contributed by atoms with van der Waals surface area (Å²) in [5, 5.41) is 13.8. The summed E-state index contributed by atoms with van der Waals surface area (Å²) in [7, 11) is 0. The Bertz CT molecular complexity index is 1150. The molecule has 0 spiro atoms. The van der Waals surface area contributed by atoms with Gasteiger partial charge in [0.1, 0.15) is 11.6 Å². The lowest BCUT2D eigenvalue weighted by molar-refractivity contribution is -0.138. The maximum atomic E-state index is 13.3. The summed E-state index contributed by atoms with van der Waals surface area (Å²) in [6, 6.07) is 13.8. The number of alkyl halides is 3. The van der Waals surface area contributed by atoms with E-state index in [2.05, 4.69) is 10.6 Å². The van der Waals surface area contributed by atoms with Crippen molar-refractivity contribution in [2.45, 2.75) is 31.4 Å². The van der Waals surface area contributed by atoms with E-state index in [0.29, 0.717) is 25.3 Å². The van der Waals surface area contributed by atoms with Crippen LogP contribution in [0.15, 0.2) is 66.7 Å². The monoisotopic (exact) mass is 506 g/mol. The normalized spacial score (nSPS) is 11.4. The molecule has 0 fully saturated rings. The van der Waals surface area contributed by atoms with E-state index in [4.69, 9.17) is 5.11 Å². The number of halogens is 5. The van der Waals surface area contributed by atoms with Crippen molar-refractivity contribution >= 4 is 17.7 Å². The molecule has 0 unspecified atom stereocenters. The second kappa shape index (κ2) is 11.7. The molecule has 0 aliphatic heterocycles. The average Bonchev–Trinajstić information content (AvgIpc) is 2.82. The van der Waals surface area contributed by atoms with Gasteiger partial charge in [-0.25, -0.2) is 18.4 Å². The van der Waals surface area contributed by atoms with Crippen LogP contribution < -0.4 is 10.6 Å². The summed E-state index contributed by atoms with van der Waals surface area (Å²) in [5.41, 5.74) is -0.749. The number of hydrogen-bond donors (Lipinski definition) is 3. The molecule has 5 nitrogen and oxygen atoms in total. The van der Waals surface area contributed by atoms with Crippen LogP contribution in [0.4, 0.5) is 32.4 Å². The number of rotatable bonds is 9. The van der Waals surface area contributed by atoms with E-state index in [0.717, 1.165) is 23.3 Å². The lowest BCUT2D eigenvalue weighted by Crippen LogP contribution is -2.29. The van der Waals surface area contributed by atoms with E-state index in [-0.39, 0.29) is 29.8 Å². The summed E-state index contributed by atoms with van der Waals surface area (Å²) in [5.74, 6) is -2.58. The van der Waals surface area contributed by atoms with Gasteiger partial charge in [-0.15, -0.1) is 0 Å². The molecule has 3 aromatic carbocycles. The zero-order valence-electron chi connectivity index (χ0n) is 18.9. The fraction of sp³-hybridized carbons (Fsp3) is 0.231. The number of amides is 2. The third-order valence-corrected chi connectivity index (χ3v) is 5.56. The van der Waals surface area contributed by atoms with Crippen molar-refractivity contribution in [3.05, 3.63) is 101 Å². The Hall–Kier alpha value is -3.95. The maximum Gasteiger partial charge on any atom is 0.417 e. The number of benzene rings is 3. The highest BCUT2D eigenvalue weighted by Gasteiger charge is 2.35. The third kappa shape index (κ3) is 7.27. The quantitative estimate of drug-likeness (QED) is 0.221. The highest BCUT2D eigenvalue weighted by atomic mass is 19.4. The number of carbonyl (C=O) groups is 2. The lowest BCUT2D eigenvalue weighted by Gasteiger charge is -2.18. The lowest BCUT2D eigenvalue weighted by atomic mass is 9.87. The minimum atomic E-state index is -4.90. The molecule has 0 aliphatic rings. The van der Waals surface area contributed by atoms with Crippen LogP contribution in [0.5, 0.6) is 0 Å². The van der Waals surface area contributed by atoms with Crippen LogP contribution in [0.1, 0.15) is 52.2 Å². The number of carboxylic acids is 1. The Labute approximate surface area is 204 Å². The molecule has 0 heterocycles. The molecule has 190 valence electrons. The van der Waals surface area contributed by atoms with E-state index in [1.807, 2.05) is 0 Å². The van der Waals surface area contributed by atoms with Crippen LogP contribution in [-0.4, -0.2) is 23.7 Å². The molecule has 3 N–H and O–H groups in total. The number of carbonyl (C=O) groups excluding carboxylic acids is 1. The highest BCUT2D eigenvalue weighted by Crippen LogP contribution is 2.34. The van der Waals surface area contributed by atoms with E-state index >= 15 is 0 Å². The minimum absolute atomic E-state index is 0.117. The smallest absolute Gasteiger partial charge is 0.417 e. The second-order valence-corrected chi connectivity index (χ2v) is 8.10. The first-order valence-corrected chi connectivity index (χ1v) is 11.0. The molecule has 10 heteroatoms. The van der Waals surface area contributed by atoms with Gasteiger partial charge >= 0.3 is 18.2 Å². The first kappa shape index (κ1) is 26.7. The van der Waals surface area contributed by atoms with E-state index < -0.39 is 29.3 Å². The average molecular weight is 506 g/mol. The van der Waals surface area contributed by atoms with Gasteiger partial charge < -0.3 is 15.7 Å². The summed E-state index contributed by atoms with van der Waals surface area (Å²) in [6.45, 7) is 0.227. The molecular formula is C26H23F5N2O3. The number of urea groups is 1. The van der Waals surface area contributed by atoms with Crippen LogP contribution in [0, 0.1) is 11.6 Å². The van der Waals surface area contributed by atoms with Crippen LogP contribution in [0.3, 0.4) is 0 Å². The number of nitrogens with one attached hydrogen (secondary N) is 2. The summed E-state index contributed by atoms with van der Waals surface area (Å²) < 4.78 is 66.1. The number of anilines is 1. The van der Waals surface area contributed by atoms with Crippen LogP contribution in [-0.2, 0) is 6.18 Å². The van der Waals surface area contributed by atoms with Crippen LogP contribution in [0.2, 0.25) is 0 Å². The highest BCUT2D eigenvalue weighted by molar-refractivity contribution is 5.93. The molecule has 36 heavy (non-hydrogen) atoms. The van der Waals surface area contributed by atoms with Gasteiger partial charge in [0.05, 0.1) is 11.1 Å². The van der Waals surface area contributed by atoms with Gasteiger partial charge in [0.25, 0.3) is 0 Å². The first-order valence-electron chi connectivity index (χ1n) is 11.0. The summed E-state index contributed by atoms with van der Waals surface area (Å²) in [6.07, 6.45) is -3.08. The predicted molar refractivity (Wildman–Crippen MR) is 124 cm³/mol. The number of aromatic carboxylic acids is 1. The van der Waals surface area contributed by atoms with Crippen molar-refractivity contribution in [1.82, 2.24) is 5.32 Å². The van der Waals surface area contributed by atoms with Gasteiger partial charge in [0.2, 0.25) is 0 Å². The fourth-order valence-electron chi connectivity index (χ4n) is 3.81. The molecule has 0 aromatic heterocycles. The molecule has 0 bridgehead atoms. The number of unbranched alkanes of at least 4 members (excludes halogenated alkanes) is 1. The molecule has 3 aromatic rings. The van der Waals surface area contributed by atoms with Crippen molar-refractivity contribution in [3.8, 4) is 0 Å². The molecule has 0 aliphatic carbocycles. The van der Waals surface area contributed by atoms with Gasteiger partial charge in [0, 0.05) is 18.2 Å². The van der Waals surface area contributed by atoms with Gasteiger partial charge in [-0.1, -0.05) is 30.7 Å². The second-order valence-electron chi connectivity index (χ2n) is 8.10. The number of carboxylic acid groups (broad SMARTS) is 1. The number of hydrogen-bond acceptors (Lipinski definition) is 2. The minimum Gasteiger partial charge on any atom is -0.478 e. The fourth-order valence-corrected chi connectivity index (χ4v) is 3.81. The molecular weight excluding hydrogens is 483 g/mol. The van der Waals surface area contributed by atoms with Crippen molar-refractivity contribution < 1.29 is 36.6 Å². The summed E-state index contributed by atoms with van der Waals surface area (Å²) >= 11 is 0. The maximum absolute atomic E-state index is 13.3. The standard InChI is InChI=1S/C26H23F5N2O3/c27-18-8-4-16(5-9-18)21(17-6-10-19(28)11-7-17)3-1-2-14-32-25(36)33-20-12-13-22(24(34)35)23(15-20)26(29,30)31/h4-13,15,21H,1-3,14H2,(H,34,35)(H2,32,33,36). The van der Waals surface area contributed by atoms with Crippen LogP contribution >= 0.6 is 0 Å². The van der Waals surface area contributed by atoms with Gasteiger partial charge in [-0.05, 0) is 66.4 Å². The van der Waals surface area contributed by atoms with E-state index in [1.165, 1.54) is 24.3 Å². The predicted octanol–water partition coefficient (Wildman–Crippen LogP) is 6.81. The molecule has 0 atom stereocenters. The van der Waals surface area contributed by atoms with E-state index in [9.17, 15) is 31.5 Å². The molecule has 0 saturated heterocycles. The topological polar surface area (TPSA) is 78.4 Å². The summed E-state index contributed by atoms with van der Waals surface area (Å²) in [4.78, 5) is 23.1. The molecule has 3 rings (SSSR count). The van der Waals surface area contributed by atoms with Gasteiger partial charge in [-0.2, -0.15) is 13.2 Å². The Morgan fingerprint density at radius 2 is 1.39 bits per heavy atom. The molecule has 0 radical (unpaired) electrons. The third-order valence-electron chi connectivity index (χ3n) is 5.56. The Kier molecular flexibility index (Phi) is 8.63. The van der Waals surface area contributed by atoms with Crippen molar-refractivity contribution in [2.75, 3.05) is 11.9 Å².